The molecule has 1 aromatic rings. The lowest BCUT2D eigenvalue weighted by Crippen LogP contribution is -2.46. The molecule has 2 heterocycles. The van der Waals surface area contributed by atoms with Gasteiger partial charge in [-0.3, -0.25) is 4.79 Å². The molecule has 0 radical (unpaired) electrons. The van der Waals surface area contributed by atoms with E-state index in [0.717, 1.165) is 32.7 Å². The van der Waals surface area contributed by atoms with Crippen LogP contribution in [-0.4, -0.2) is 85.9 Å². The summed E-state index contributed by atoms with van der Waals surface area (Å²) in [5.41, 5.74) is 0.828. The molecule has 0 saturated carbocycles. The molecular weight excluding hydrogens is 325 g/mol. The van der Waals surface area contributed by atoms with Crippen LogP contribution in [0.3, 0.4) is 0 Å². The van der Waals surface area contributed by atoms with Gasteiger partial charge in [-0.1, -0.05) is 6.92 Å². The highest BCUT2D eigenvalue weighted by molar-refractivity contribution is 5.94. The van der Waals surface area contributed by atoms with Gasteiger partial charge in [0.05, 0.1) is 31.0 Å². The molecule has 6 nitrogen and oxygen atoms in total. The maximum absolute atomic E-state index is 14.6. The number of piperazine rings is 1. The molecule has 0 spiro atoms. The van der Waals surface area contributed by atoms with Gasteiger partial charge in [0.15, 0.2) is 0 Å². The van der Waals surface area contributed by atoms with Crippen LogP contribution < -0.4 is 4.90 Å². The van der Waals surface area contributed by atoms with Crippen molar-refractivity contribution in [3.63, 3.8) is 0 Å². The van der Waals surface area contributed by atoms with E-state index in [9.17, 15) is 14.3 Å². The molecule has 7 heteroatoms. The van der Waals surface area contributed by atoms with Gasteiger partial charge in [0.1, 0.15) is 5.82 Å². The average molecular weight is 351 g/mol. The van der Waals surface area contributed by atoms with Crippen molar-refractivity contribution in [2.24, 2.45) is 0 Å². The SMILES string of the molecule is CCN1CCN(c2ccc(C(=O)N(C)[C@@H]3COC[C@H]3O)cc2F)CC1. The van der Waals surface area contributed by atoms with Crippen LogP contribution in [0.25, 0.3) is 0 Å². The Morgan fingerprint density at radius 2 is 2.04 bits per heavy atom. The number of carbonyl (C=O) groups is 1. The fourth-order valence-corrected chi connectivity index (χ4v) is 3.46. The van der Waals surface area contributed by atoms with Gasteiger partial charge in [0.2, 0.25) is 0 Å². The molecular formula is C18H26FN3O3. The van der Waals surface area contributed by atoms with E-state index in [1.54, 1.807) is 19.2 Å². The molecule has 2 fully saturated rings. The summed E-state index contributed by atoms with van der Waals surface area (Å²) in [6.45, 7) is 7.04. The molecule has 2 aliphatic rings. The topological polar surface area (TPSA) is 56.2 Å². The van der Waals surface area contributed by atoms with Gasteiger partial charge in [-0.25, -0.2) is 4.39 Å². The Kier molecular flexibility index (Phi) is 5.56. The van der Waals surface area contributed by atoms with E-state index in [1.807, 2.05) is 4.90 Å². The molecule has 2 atom stereocenters. The van der Waals surface area contributed by atoms with Crippen molar-refractivity contribution < 1.29 is 19.0 Å². The molecule has 0 aliphatic carbocycles. The van der Waals surface area contributed by atoms with Crippen LogP contribution in [0, 0.1) is 5.82 Å². The standard InChI is InChI=1S/C18H26FN3O3/c1-3-21-6-8-22(9-7-21)15-5-4-13(10-14(15)19)18(24)20(2)16-11-25-12-17(16)23/h4-5,10,16-17,23H,3,6-9,11-12H2,1-2H3/t16-,17-/m1/s1. The number of aliphatic hydroxyl groups excluding tert-OH is 1. The first-order chi connectivity index (χ1) is 12.0. The second kappa shape index (κ2) is 7.68. The molecule has 1 N–H and O–H groups in total. The number of amides is 1. The number of halogens is 1. The summed E-state index contributed by atoms with van der Waals surface area (Å²) in [5.74, 6) is -0.691. The highest BCUT2D eigenvalue weighted by Crippen LogP contribution is 2.23. The number of likely N-dealkylation sites (N-methyl/N-ethyl adjacent to an activating group) is 2. The van der Waals surface area contributed by atoms with Gasteiger partial charge in [-0.2, -0.15) is 0 Å². The third-order valence-corrected chi connectivity index (χ3v) is 5.19. The highest BCUT2D eigenvalue weighted by atomic mass is 19.1. The molecule has 2 aliphatic heterocycles. The second-order valence-corrected chi connectivity index (χ2v) is 6.68. The molecule has 3 rings (SSSR count). The van der Waals surface area contributed by atoms with E-state index in [0.29, 0.717) is 12.3 Å². The number of rotatable bonds is 4. The number of nitrogens with zero attached hydrogens (tertiary/aromatic N) is 3. The Morgan fingerprint density at radius 3 is 2.60 bits per heavy atom. The smallest absolute Gasteiger partial charge is 0.254 e. The summed E-state index contributed by atoms with van der Waals surface area (Å²) in [6.07, 6.45) is -0.701. The zero-order chi connectivity index (χ0) is 18.0. The van der Waals surface area contributed by atoms with Crippen molar-refractivity contribution >= 4 is 11.6 Å². The van der Waals surface area contributed by atoms with Gasteiger partial charge in [-0.05, 0) is 24.7 Å². The molecule has 0 bridgehead atoms. The van der Waals surface area contributed by atoms with Crippen molar-refractivity contribution in [2.45, 2.75) is 19.1 Å². The zero-order valence-corrected chi connectivity index (χ0v) is 14.8. The summed E-state index contributed by atoms with van der Waals surface area (Å²) in [6, 6.07) is 4.24. The number of hydrogen-bond donors (Lipinski definition) is 1. The van der Waals surface area contributed by atoms with E-state index in [4.69, 9.17) is 4.74 Å². The molecule has 138 valence electrons. The number of hydrogen-bond acceptors (Lipinski definition) is 5. The Labute approximate surface area is 147 Å². The summed E-state index contributed by atoms with van der Waals surface area (Å²) in [7, 11) is 1.61. The van der Waals surface area contributed by atoms with Gasteiger partial charge in [0.25, 0.3) is 5.91 Å². The molecule has 25 heavy (non-hydrogen) atoms. The van der Waals surface area contributed by atoms with Gasteiger partial charge >= 0.3 is 0 Å². The van der Waals surface area contributed by atoms with Crippen LogP contribution >= 0.6 is 0 Å². The maximum atomic E-state index is 14.6. The number of aliphatic hydroxyl groups is 1. The van der Waals surface area contributed by atoms with Crippen LogP contribution in [0.5, 0.6) is 0 Å². The predicted octanol–water partition coefficient (Wildman–Crippen LogP) is 0.799. The van der Waals surface area contributed by atoms with E-state index in [2.05, 4.69) is 11.8 Å². The first-order valence-corrected chi connectivity index (χ1v) is 8.81. The molecule has 1 amide bonds. The maximum Gasteiger partial charge on any atom is 0.254 e. The predicted molar refractivity (Wildman–Crippen MR) is 93.4 cm³/mol. The molecule has 0 aromatic heterocycles. The summed E-state index contributed by atoms with van der Waals surface area (Å²) in [4.78, 5) is 18.4. The minimum absolute atomic E-state index is 0.222. The van der Waals surface area contributed by atoms with Gasteiger partial charge < -0.3 is 24.5 Å². The van der Waals surface area contributed by atoms with Crippen LogP contribution in [-0.2, 0) is 4.74 Å². The summed E-state index contributed by atoms with van der Waals surface area (Å²) in [5, 5.41) is 9.86. The second-order valence-electron chi connectivity index (χ2n) is 6.68. The number of anilines is 1. The van der Waals surface area contributed by atoms with E-state index >= 15 is 0 Å². The first-order valence-electron chi connectivity index (χ1n) is 8.81. The quantitative estimate of drug-likeness (QED) is 0.870. The lowest BCUT2D eigenvalue weighted by atomic mass is 10.1. The average Bonchev–Trinajstić information content (AvgIpc) is 3.06. The summed E-state index contributed by atoms with van der Waals surface area (Å²) < 4.78 is 19.8. The largest absolute Gasteiger partial charge is 0.388 e. The van der Waals surface area contributed by atoms with Crippen molar-refractivity contribution in [3.8, 4) is 0 Å². The van der Waals surface area contributed by atoms with Crippen LogP contribution in [0.1, 0.15) is 17.3 Å². The Bertz CT molecular complexity index is 620. The van der Waals surface area contributed by atoms with Crippen LogP contribution in [0.2, 0.25) is 0 Å². The lowest BCUT2D eigenvalue weighted by molar-refractivity contribution is 0.0581. The molecule has 0 unspecified atom stereocenters. The Morgan fingerprint density at radius 1 is 1.32 bits per heavy atom. The number of carbonyl (C=O) groups excluding carboxylic acids is 1. The van der Waals surface area contributed by atoms with Gasteiger partial charge in [0, 0.05) is 38.8 Å². The lowest BCUT2D eigenvalue weighted by Gasteiger charge is -2.35. The molecule has 1 aromatic carbocycles. The Hall–Kier alpha value is -1.70. The third kappa shape index (κ3) is 3.78. The monoisotopic (exact) mass is 351 g/mol. The fraction of sp³-hybridized carbons (Fsp3) is 0.611. The van der Waals surface area contributed by atoms with Crippen molar-refractivity contribution in [1.29, 1.82) is 0 Å². The Balaban J connectivity index is 1.70. The van der Waals surface area contributed by atoms with Crippen molar-refractivity contribution in [3.05, 3.63) is 29.6 Å². The third-order valence-electron chi connectivity index (χ3n) is 5.19. The minimum atomic E-state index is -0.701. The van der Waals surface area contributed by atoms with Gasteiger partial charge in [-0.15, -0.1) is 0 Å². The van der Waals surface area contributed by atoms with E-state index < -0.39 is 12.1 Å². The number of benzene rings is 1. The highest BCUT2D eigenvalue weighted by Gasteiger charge is 2.33. The zero-order valence-electron chi connectivity index (χ0n) is 14.8. The van der Waals surface area contributed by atoms with Crippen LogP contribution in [0.4, 0.5) is 10.1 Å². The van der Waals surface area contributed by atoms with E-state index in [1.165, 1.54) is 11.0 Å². The van der Waals surface area contributed by atoms with Crippen molar-refractivity contribution in [2.75, 3.05) is 57.9 Å². The fourth-order valence-electron chi connectivity index (χ4n) is 3.46. The minimum Gasteiger partial charge on any atom is -0.388 e. The van der Waals surface area contributed by atoms with E-state index in [-0.39, 0.29) is 23.9 Å². The van der Waals surface area contributed by atoms with Crippen LogP contribution in [0.15, 0.2) is 18.2 Å². The van der Waals surface area contributed by atoms with Crippen molar-refractivity contribution in [1.82, 2.24) is 9.80 Å². The molecule has 2 saturated heterocycles. The normalized spacial score (nSPS) is 24.6. The summed E-state index contributed by atoms with van der Waals surface area (Å²) >= 11 is 0. The number of ether oxygens (including phenoxy) is 1. The first kappa shape index (κ1) is 18.1.